The topological polar surface area (TPSA) is 53.6 Å². The first-order chi connectivity index (χ1) is 11.8. The molecule has 0 fully saturated rings. The zero-order chi connectivity index (χ0) is 18.4. The maximum atomic E-state index is 13.8. The van der Waals surface area contributed by atoms with Crippen LogP contribution in [0, 0.1) is 5.82 Å². The highest BCUT2D eigenvalue weighted by Crippen LogP contribution is 2.18. The fourth-order valence-corrected chi connectivity index (χ4v) is 2.53. The van der Waals surface area contributed by atoms with Crippen molar-refractivity contribution in [3.63, 3.8) is 0 Å². The Morgan fingerprint density at radius 1 is 1.20 bits per heavy atom. The first kappa shape index (κ1) is 18.9. The standard InChI is InChI=1S/C20H27FN4/c1-14(2)16-6-5-7-18(11-16)24-20(22)23-12-15-8-9-19(21)17(10-15)13-25(3)4/h5-11,14H,12-13H2,1-4H3,(H3,22,23,24). The van der Waals surface area contributed by atoms with Crippen LogP contribution in [0.4, 0.5) is 10.1 Å². The van der Waals surface area contributed by atoms with Gasteiger partial charge in [-0.1, -0.05) is 32.0 Å². The van der Waals surface area contributed by atoms with Gasteiger partial charge < -0.3 is 16.0 Å². The molecule has 5 heteroatoms. The van der Waals surface area contributed by atoms with Crippen LogP contribution in [-0.2, 0) is 13.1 Å². The second kappa shape index (κ2) is 8.62. The maximum absolute atomic E-state index is 13.8. The smallest absolute Gasteiger partial charge is 0.193 e. The molecule has 0 bridgehead atoms. The highest BCUT2D eigenvalue weighted by Gasteiger charge is 2.05. The first-order valence-corrected chi connectivity index (χ1v) is 8.44. The van der Waals surface area contributed by atoms with Crippen LogP contribution in [0.5, 0.6) is 0 Å². The zero-order valence-corrected chi connectivity index (χ0v) is 15.4. The Labute approximate surface area is 149 Å². The highest BCUT2D eigenvalue weighted by molar-refractivity contribution is 5.92. The average Bonchev–Trinajstić information content (AvgIpc) is 2.55. The highest BCUT2D eigenvalue weighted by atomic mass is 19.1. The molecule has 2 rings (SSSR count). The summed E-state index contributed by atoms with van der Waals surface area (Å²) in [5.74, 6) is 0.603. The molecule has 3 N–H and O–H groups in total. The summed E-state index contributed by atoms with van der Waals surface area (Å²) in [6, 6.07) is 13.2. The summed E-state index contributed by atoms with van der Waals surface area (Å²) >= 11 is 0. The maximum Gasteiger partial charge on any atom is 0.193 e. The Hall–Kier alpha value is -2.40. The molecule has 0 spiro atoms. The molecule has 134 valence electrons. The lowest BCUT2D eigenvalue weighted by Gasteiger charge is -2.12. The molecule has 0 aliphatic rings. The molecule has 0 amide bonds. The summed E-state index contributed by atoms with van der Waals surface area (Å²) < 4.78 is 13.8. The second-order valence-electron chi connectivity index (χ2n) is 6.77. The number of rotatable bonds is 6. The predicted octanol–water partition coefficient (Wildman–Crippen LogP) is 3.94. The average molecular weight is 342 g/mol. The number of nitrogens with one attached hydrogen (secondary N) is 1. The van der Waals surface area contributed by atoms with Crippen molar-refractivity contribution in [2.24, 2.45) is 10.7 Å². The van der Waals surface area contributed by atoms with Gasteiger partial charge in [-0.05, 0) is 55.4 Å². The molecule has 4 nitrogen and oxygen atoms in total. The second-order valence-corrected chi connectivity index (χ2v) is 6.77. The number of guanidine groups is 1. The predicted molar refractivity (Wildman–Crippen MR) is 103 cm³/mol. The van der Waals surface area contributed by atoms with E-state index in [1.54, 1.807) is 6.07 Å². The Bertz CT molecular complexity index is 738. The summed E-state index contributed by atoms with van der Waals surface area (Å²) in [6.07, 6.45) is 0. The van der Waals surface area contributed by atoms with Gasteiger partial charge in [0.25, 0.3) is 0 Å². The lowest BCUT2D eigenvalue weighted by atomic mass is 10.0. The van der Waals surface area contributed by atoms with Crippen molar-refractivity contribution in [1.82, 2.24) is 4.90 Å². The molecule has 0 radical (unpaired) electrons. The van der Waals surface area contributed by atoms with E-state index in [1.165, 1.54) is 11.6 Å². The summed E-state index contributed by atoms with van der Waals surface area (Å²) in [5, 5.41) is 3.11. The van der Waals surface area contributed by atoms with Crippen molar-refractivity contribution in [3.8, 4) is 0 Å². The molecular formula is C20H27FN4. The van der Waals surface area contributed by atoms with E-state index in [9.17, 15) is 4.39 Å². The van der Waals surface area contributed by atoms with Gasteiger partial charge in [0, 0.05) is 17.8 Å². The van der Waals surface area contributed by atoms with Crippen molar-refractivity contribution in [3.05, 3.63) is 65.0 Å². The number of anilines is 1. The van der Waals surface area contributed by atoms with Crippen LogP contribution in [0.15, 0.2) is 47.5 Å². The summed E-state index contributed by atoms with van der Waals surface area (Å²) in [4.78, 5) is 6.30. The summed E-state index contributed by atoms with van der Waals surface area (Å²) in [6.45, 7) is 5.26. The van der Waals surface area contributed by atoms with Crippen LogP contribution < -0.4 is 11.1 Å². The minimum Gasteiger partial charge on any atom is -0.370 e. The third-order valence-electron chi connectivity index (χ3n) is 3.85. The molecule has 0 saturated heterocycles. The lowest BCUT2D eigenvalue weighted by Crippen LogP contribution is -2.22. The fourth-order valence-electron chi connectivity index (χ4n) is 2.53. The van der Waals surface area contributed by atoms with Crippen molar-refractivity contribution < 1.29 is 4.39 Å². The van der Waals surface area contributed by atoms with Crippen LogP contribution in [0.25, 0.3) is 0 Å². The van der Waals surface area contributed by atoms with E-state index in [1.807, 2.05) is 37.2 Å². The van der Waals surface area contributed by atoms with E-state index >= 15 is 0 Å². The Morgan fingerprint density at radius 3 is 2.64 bits per heavy atom. The van der Waals surface area contributed by atoms with Crippen molar-refractivity contribution in [2.45, 2.75) is 32.9 Å². The Morgan fingerprint density at radius 2 is 1.96 bits per heavy atom. The molecule has 0 atom stereocenters. The molecule has 2 aromatic rings. The number of halogens is 1. The molecular weight excluding hydrogens is 315 g/mol. The van der Waals surface area contributed by atoms with E-state index in [2.05, 4.69) is 36.3 Å². The molecule has 0 aromatic heterocycles. The number of nitrogens with two attached hydrogens (primary N) is 1. The molecule has 0 heterocycles. The van der Waals surface area contributed by atoms with E-state index in [0.717, 1.165) is 11.3 Å². The van der Waals surface area contributed by atoms with Gasteiger partial charge in [0.05, 0.1) is 6.54 Å². The Kier molecular flexibility index (Phi) is 6.53. The molecule has 0 aliphatic carbocycles. The first-order valence-electron chi connectivity index (χ1n) is 8.44. The lowest BCUT2D eigenvalue weighted by molar-refractivity contribution is 0.392. The van der Waals surface area contributed by atoms with Gasteiger partial charge >= 0.3 is 0 Å². The quantitative estimate of drug-likeness (QED) is 0.618. The molecule has 0 aliphatic heterocycles. The van der Waals surface area contributed by atoms with E-state index < -0.39 is 0 Å². The third kappa shape index (κ3) is 5.87. The van der Waals surface area contributed by atoms with Crippen LogP contribution in [0.3, 0.4) is 0 Å². The van der Waals surface area contributed by atoms with Gasteiger partial charge in [0.1, 0.15) is 5.82 Å². The number of hydrogen-bond donors (Lipinski definition) is 2. The number of hydrogen-bond acceptors (Lipinski definition) is 2. The Balaban J connectivity index is 2.05. The summed E-state index contributed by atoms with van der Waals surface area (Å²) in [5.41, 5.74) is 9.73. The fraction of sp³-hybridized carbons (Fsp3) is 0.350. The van der Waals surface area contributed by atoms with Gasteiger partial charge in [-0.25, -0.2) is 9.38 Å². The minimum atomic E-state index is -0.196. The molecule has 25 heavy (non-hydrogen) atoms. The largest absolute Gasteiger partial charge is 0.370 e. The van der Waals surface area contributed by atoms with Gasteiger partial charge in [0.15, 0.2) is 5.96 Å². The van der Waals surface area contributed by atoms with E-state index in [-0.39, 0.29) is 5.82 Å². The number of nitrogens with zero attached hydrogens (tertiary/aromatic N) is 2. The van der Waals surface area contributed by atoms with Crippen LogP contribution >= 0.6 is 0 Å². The molecule has 2 aromatic carbocycles. The molecule has 0 saturated carbocycles. The van der Waals surface area contributed by atoms with Crippen LogP contribution in [0.1, 0.15) is 36.5 Å². The SMILES string of the molecule is CC(C)c1cccc(NC(N)=NCc2ccc(F)c(CN(C)C)c2)c1. The number of benzene rings is 2. The molecule has 0 unspecified atom stereocenters. The third-order valence-corrected chi connectivity index (χ3v) is 3.85. The minimum absolute atomic E-state index is 0.196. The van der Waals surface area contributed by atoms with Crippen molar-refractivity contribution in [2.75, 3.05) is 19.4 Å². The van der Waals surface area contributed by atoms with Gasteiger partial charge in [-0.3, -0.25) is 0 Å². The van der Waals surface area contributed by atoms with Gasteiger partial charge in [0.2, 0.25) is 0 Å². The van der Waals surface area contributed by atoms with Crippen LogP contribution in [-0.4, -0.2) is 25.0 Å². The summed E-state index contributed by atoms with van der Waals surface area (Å²) in [7, 11) is 3.83. The van der Waals surface area contributed by atoms with E-state index in [4.69, 9.17) is 5.73 Å². The van der Waals surface area contributed by atoms with Gasteiger partial charge in [-0.15, -0.1) is 0 Å². The van der Waals surface area contributed by atoms with Gasteiger partial charge in [-0.2, -0.15) is 0 Å². The zero-order valence-electron chi connectivity index (χ0n) is 15.4. The normalized spacial score (nSPS) is 12.0. The number of aliphatic imine (C=N–C) groups is 1. The van der Waals surface area contributed by atoms with Crippen molar-refractivity contribution >= 4 is 11.6 Å². The monoisotopic (exact) mass is 342 g/mol. The van der Waals surface area contributed by atoms with Crippen LogP contribution in [0.2, 0.25) is 0 Å². The van der Waals surface area contributed by atoms with Crippen molar-refractivity contribution in [1.29, 1.82) is 0 Å². The van der Waals surface area contributed by atoms with E-state index in [0.29, 0.717) is 30.5 Å².